The second kappa shape index (κ2) is 7.34. The highest BCUT2D eigenvalue weighted by molar-refractivity contribution is 8.88. The number of rotatable bonds is 4. The number of hydrogen-bond acceptors (Lipinski definition) is 4. The van der Waals surface area contributed by atoms with Gasteiger partial charge in [-0.1, -0.05) is 59.2 Å². The fourth-order valence-electron chi connectivity index (χ4n) is 1.58. The number of quaternary nitrogens is 1. The molecule has 20 heavy (non-hydrogen) atoms. The summed E-state index contributed by atoms with van der Waals surface area (Å²) in [6.07, 6.45) is 0. The molecule has 6 heteroatoms. The van der Waals surface area contributed by atoms with E-state index in [1.807, 2.05) is 62.4 Å². The Hall–Kier alpha value is -0.710. The molecule has 0 saturated heterocycles. The molecule has 4 N–H and O–H groups in total. The summed E-state index contributed by atoms with van der Waals surface area (Å²) in [6, 6.07) is 15.0. The van der Waals surface area contributed by atoms with Gasteiger partial charge < -0.3 is 15.6 Å². The first-order chi connectivity index (χ1) is 8.98. The van der Waals surface area contributed by atoms with Crippen LogP contribution in [0.3, 0.4) is 0 Å². The molecule has 0 aromatic heterocycles. The molecule has 0 atom stereocenters. The zero-order valence-corrected chi connectivity index (χ0v) is 14.2. The molecule has 0 saturated carbocycles. The minimum absolute atomic E-state index is 0. The van der Waals surface area contributed by atoms with Crippen molar-refractivity contribution in [1.29, 1.82) is 0 Å². The maximum Gasteiger partial charge on any atom is 0.132 e. The summed E-state index contributed by atoms with van der Waals surface area (Å²) in [4.78, 5) is 13.8. The predicted octanol–water partition coefficient (Wildman–Crippen LogP) is 5.03. The second-order valence-electron chi connectivity index (χ2n) is 4.16. The Morgan fingerprint density at radius 2 is 1.20 bits per heavy atom. The summed E-state index contributed by atoms with van der Waals surface area (Å²) in [6.45, 7) is 3.83. The highest BCUT2D eigenvalue weighted by atomic mass is 33.1. The van der Waals surface area contributed by atoms with E-state index in [0.717, 1.165) is 43.7 Å². The van der Waals surface area contributed by atoms with Crippen molar-refractivity contribution in [2.24, 2.45) is 0 Å². The summed E-state index contributed by atoms with van der Waals surface area (Å²) in [5.74, 6) is -3.61. The van der Waals surface area contributed by atoms with Gasteiger partial charge in [0.05, 0.1) is 0 Å². The Bertz CT molecular complexity index is 583. The largest absolute Gasteiger partial charge is 0.783 e. The zero-order chi connectivity index (χ0) is 13.9. The third-order valence-electron chi connectivity index (χ3n) is 2.61. The van der Waals surface area contributed by atoms with Crippen molar-refractivity contribution in [2.45, 2.75) is 23.6 Å². The smallest absolute Gasteiger partial charge is 0.132 e. The Morgan fingerprint density at radius 1 is 0.850 bits per heavy atom. The Kier molecular flexibility index (Phi) is 6.37. The topological polar surface area (TPSA) is 76.6 Å². The van der Waals surface area contributed by atoms with Crippen LogP contribution in [0.5, 0.6) is 0 Å². The van der Waals surface area contributed by atoms with Crippen LogP contribution in [0.2, 0.25) is 0 Å². The zero-order valence-electron chi connectivity index (χ0n) is 11.7. The van der Waals surface area contributed by atoms with Crippen LogP contribution < -0.4 is 11.0 Å². The summed E-state index contributed by atoms with van der Waals surface area (Å²) in [5, 5.41) is 0. The van der Waals surface area contributed by atoms with Gasteiger partial charge in [0.15, 0.2) is 0 Å². The van der Waals surface area contributed by atoms with Crippen molar-refractivity contribution in [2.75, 3.05) is 0 Å². The molecule has 2 aromatic rings. The maximum absolute atomic E-state index is 12.2. The standard InChI is InChI=1S/C14H15O2PS2.H3N/c1-11-7-3-5-9-13(11)18-17(15,16)19-14-10-6-4-8-12(14)2;/h3-10H,1-2H3,(H,15,16);1H3. The number of benzene rings is 2. The van der Waals surface area contributed by atoms with Gasteiger partial charge in [-0.2, -0.15) is 0 Å². The molecule has 0 heterocycles. The molecule has 108 valence electrons. The molecule has 0 fully saturated rings. The molecule has 0 aliphatic rings. The van der Waals surface area contributed by atoms with Crippen LogP contribution in [-0.2, 0) is 4.57 Å². The lowest BCUT2D eigenvalue weighted by molar-refractivity contribution is -0.160. The molecule has 2 rings (SSSR count). The normalized spacial score (nSPS) is 10.9. The van der Waals surface area contributed by atoms with E-state index in [1.54, 1.807) is 0 Å². The van der Waals surface area contributed by atoms with E-state index in [2.05, 4.69) is 0 Å². The molecule has 3 nitrogen and oxygen atoms in total. The molecule has 2 aromatic carbocycles. The maximum atomic E-state index is 12.2. The molecule has 0 radical (unpaired) electrons. The lowest BCUT2D eigenvalue weighted by Gasteiger charge is -2.23. The van der Waals surface area contributed by atoms with Gasteiger partial charge in [-0.05, 0) is 37.1 Å². The van der Waals surface area contributed by atoms with Gasteiger partial charge in [0.2, 0.25) is 0 Å². The van der Waals surface area contributed by atoms with Crippen molar-refractivity contribution in [1.82, 2.24) is 6.15 Å². The first-order valence-corrected chi connectivity index (χ1v) is 10.3. The molecule has 0 bridgehead atoms. The lowest BCUT2D eigenvalue weighted by atomic mass is 10.2. The predicted molar refractivity (Wildman–Crippen MR) is 87.7 cm³/mol. The quantitative estimate of drug-likeness (QED) is 0.799. The van der Waals surface area contributed by atoms with Gasteiger partial charge >= 0.3 is 0 Å². The third-order valence-corrected chi connectivity index (χ3v) is 8.23. The third kappa shape index (κ3) is 4.69. The average molecular weight is 327 g/mol. The van der Waals surface area contributed by atoms with Crippen molar-refractivity contribution in [3.05, 3.63) is 59.7 Å². The molecule has 0 amide bonds. The lowest BCUT2D eigenvalue weighted by Crippen LogP contribution is -1.93. The molecular formula is C14H18NO2PS2. The fraction of sp³-hybridized carbons (Fsp3) is 0.143. The monoisotopic (exact) mass is 327 g/mol. The van der Waals surface area contributed by atoms with Crippen molar-refractivity contribution in [3.63, 3.8) is 0 Å². The average Bonchev–Trinajstić information content (AvgIpc) is 2.35. The summed E-state index contributed by atoms with van der Waals surface area (Å²) in [5.41, 5.74) is 1.96. The van der Waals surface area contributed by atoms with Crippen LogP contribution in [0, 0.1) is 13.8 Å². The summed E-state index contributed by atoms with van der Waals surface area (Å²) < 4.78 is 12.2. The van der Waals surface area contributed by atoms with Gasteiger partial charge in [0.25, 0.3) is 0 Å². The van der Waals surface area contributed by atoms with E-state index in [1.165, 1.54) is 0 Å². The first kappa shape index (κ1) is 17.3. The molecule has 0 unspecified atom stereocenters. The van der Waals surface area contributed by atoms with Gasteiger partial charge in [-0.15, -0.1) is 0 Å². The van der Waals surface area contributed by atoms with Crippen molar-refractivity contribution in [3.8, 4) is 0 Å². The first-order valence-electron chi connectivity index (χ1n) is 5.79. The van der Waals surface area contributed by atoms with Gasteiger partial charge in [-0.25, -0.2) is 0 Å². The van der Waals surface area contributed by atoms with Crippen LogP contribution in [0.25, 0.3) is 0 Å². The summed E-state index contributed by atoms with van der Waals surface area (Å²) in [7, 11) is 0. The van der Waals surface area contributed by atoms with Gasteiger partial charge in [-0.3, -0.25) is 0 Å². The SMILES string of the molecule is Cc1ccccc1SP(=O)([O-])Sc1ccccc1C.[NH4+]. The summed E-state index contributed by atoms with van der Waals surface area (Å²) >= 11 is 1.88. The van der Waals surface area contributed by atoms with E-state index in [4.69, 9.17) is 0 Å². The van der Waals surface area contributed by atoms with Crippen LogP contribution in [-0.4, -0.2) is 0 Å². The number of hydrogen-bond donors (Lipinski definition) is 1. The van der Waals surface area contributed by atoms with E-state index in [9.17, 15) is 9.46 Å². The second-order valence-corrected chi connectivity index (χ2v) is 11.0. The highest BCUT2D eigenvalue weighted by Crippen LogP contribution is 2.67. The Balaban J connectivity index is 0.00000200. The van der Waals surface area contributed by atoms with Gasteiger partial charge in [0.1, 0.15) is 5.77 Å². The molecular weight excluding hydrogens is 309 g/mol. The highest BCUT2D eigenvalue weighted by Gasteiger charge is 2.14. The van der Waals surface area contributed by atoms with E-state index < -0.39 is 5.77 Å². The number of aryl methyl sites for hydroxylation is 2. The van der Waals surface area contributed by atoms with Crippen molar-refractivity contribution >= 4 is 28.5 Å². The van der Waals surface area contributed by atoms with Crippen LogP contribution in [0.4, 0.5) is 0 Å². The van der Waals surface area contributed by atoms with Crippen LogP contribution >= 0.6 is 28.5 Å². The fourth-order valence-corrected chi connectivity index (χ4v) is 7.37. The Labute approximate surface area is 127 Å². The minimum Gasteiger partial charge on any atom is -0.783 e. The van der Waals surface area contributed by atoms with E-state index >= 15 is 0 Å². The van der Waals surface area contributed by atoms with Crippen molar-refractivity contribution < 1.29 is 9.46 Å². The minimum atomic E-state index is -3.61. The molecule has 0 spiro atoms. The van der Waals surface area contributed by atoms with Crippen LogP contribution in [0.15, 0.2) is 58.3 Å². The van der Waals surface area contributed by atoms with Crippen LogP contribution in [0.1, 0.15) is 11.1 Å². The van der Waals surface area contributed by atoms with E-state index in [-0.39, 0.29) is 6.15 Å². The Morgan fingerprint density at radius 3 is 1.55 bits per heavy atom. The van der Waals surface area contributed by atoms with E-state index in [0.29, 0.717) is 0 Å². The molecule has 0 aliphatic heterocycles. The molecule has 0 aliphatic carbocycles. The van der Waals surface area contributed by atoms with Gasteiger partial charge in [0, 0.05) is 9.79 Å².